The number of nitrogens with one attached hydrogen (secondary N) is 1. The van der Waals surface area contributed by atoms with Gasteiger partial charge in [-0.25, -0.2) is 4.39 Å². The molecule has 1 N–H and O–H groups in total. The van der Waals surface area contributed by atoms with Crippen LogP contribution in [-0.2, 0) is 6.42 Å². The average molecular weight is 357 g/mol. The van der Waals surface area contributed by atoms with E-state index in [4.69, 9.17) is 11.6 Å². The minimum absolute atomic E-state index is 0.0770. The lowest BCUT2D eigenvalue weighted by molar-refractivity contribution is 0.528. The fourth-order valence-corrected chi connectivity index (χ4v) is 2.76. The lowest BCUT2D eigenvalue weighted by Gasteiger charge is -2.19. The predicted molar refractivity (Wildman–Crippen MR) is 85.7 cm³/mol. The first kappa shape index (κ1) is 15.5. The Hall–Kier alpha value is -0.900. The van der Waals surface area contributed by atoms with Crippen molar-refractivity contribution in [3.8, 4) is 0 Å². The number of halogens is 3. The third-order valence-electron chi connectivity index (χ3n) is 3.14. The fourth-order valence-electron chi connectivity index (χ4n) is 2.18. The topological polar surface area (TPSA) is 12.0 Å². The van der Waals surface area contributed by atoms with E-state index in [1.165, 1.54) is 6.07 Å². The van der Waals surface area contributed by atoms with Crippen LogP contribution in [0.1, 0.15) is 24.1 Å². The van der Waals surface area contributed by atoms with Gasteiger partial charge in [0.2, 0.25) is 0 Å². The molecule has 0 aliphatic heterocycles. The van der Waals surface area contributed by atoms with Gasteiger partial charge in [-0.2, -0.15) is 0 Å². The number of benzene rings is 2. The molecule has 20 heavy (non-hydrogen) atoms. The third-order valence-corrected chi connectivity index (χ3v) is 3.87. The van der Waals surface area contributed by atoms with E-state index in [0.29, 0.717) is 17.0 Å². The molecule has 0 radical (unpaired) electrons. The molecule has 2 rings (SSSR count). The van der Waals surface area contributed by atoms with Crippen LogP contribution in [0, 0.1) is 5.82 Å². The molecular weight excluding hydrogens is 341 g/mol. The lowest BCUT2D eigenvalue weighted by atomic mass is 9.98. The van der Waals surface area contributed by atoms with Crippen LogP contribution < -0.4 is 5.32 Å². The van der Waals surface area contributed by atoms with E-state index in [1.54, 1.807) is 12.1 Å². The Bertz CT molecular complexity index is 588. The van der Waals surface area contributed by atoms with Crippen molar-refractivity contribution in [1.82, 2.24) is 5.32 Å². The van der Waals surface area contributed by atoms with Crippen molar-refractivity contribution in [1.29, 1.82) is 0 Å². The van der Waals surface area contributed by atoms with E-state index >= 15 is 0 Å². The molecule has 1 atom stereocenters. The Labute approximate surface area is 132 Å². The van der Waals surface area contributed by atoms with E-state index in [-0.39, 0.29) is 11.9 Å². The van der Waals surface area contributed by atoms with Crippen molar-refractivity contribution in [2.45, 2.75) is 19.4 Å². The zero-order valence-electron chi connectivity index (χ0n) is 11.2. The summed E-state index contributed by atoms with van der Waals surface area (Å²) >= 11 is 9.26. The molecule has 0 spiro atoms. The maximum atomic E-state index is 13.9. The summed E-state index contributed by atoms with van der Waals surface area (Å²) in [5, 5.41) is 3.82. The largest absolute Gasteiger partial charge is 0.310 e. The van der Waals surface area contributed by atoms with Crippen LogP contribution in [0.25, 0.3) is 0 Å². The van der Waals surface area contributed by atoms with Crippen molar-refractivity contribution in [2.24, 2.45) is 0 Å². The van der Waals surface area contributed by atoms with E-state index in [1.807, 2.05) is 25.1 Å². The summed E-state index contributed by atoms with van der Waals surface area (Å²) in [6.45, 7) is 2.87. The summed E-state index contributed by atoms with van der Waals surface area (Å²) in [6, 6.07) is 13.0. The number of hydrogen-bond acceptors (Lipinski definition) is 1. The number of likely N-dealkylation sites (N-methyl/N-ethyl adjacent to an activating group) is 1. The maximum absolute atomic E-state index is 13.9. The second kappa shape index (κ2) is 7.21. The quantitative estimate of drug-likeness (QED) is 0.782. The highest BCUT2D eigenvalue weighted by molar-refractivity contribution is 9.10. The molecule has 4 heteroatoms. The van der Waals surface area contributed by atoms with Crippen molar-refractivity contribution < 1.29 is 4.39 Å². The molecule has 0 aliphatic rings. The highest BCUT2D eigenvalue weighted by Crippen LogP contribution is 2.24. The fraction of sp³-hybridized carbons (Fsp3) is 0.250. The van der Waals surface area contributed by atoms with Crippen LogP contribution in [0.5, 0.6) is 0 Å². The molecule has 0 aromatic heterocycles. The summed E-state index contributed by atoms with van der Waals surface area (Å²) in [4.78, 5) is 0. The zero-order valence-corrected chi connectivity index (χ0v) is 13.5. The van der Waals surface area contributed by atoms with Crippen LogP contribution in [0.3, 0.4) is 0 Å². The standard InChI is InChI=1S/C16H16BrClFN/c1-2-20-16(12-4-3-5-13(17)8-12)9-11-6-7-14(18)10-15(11)19/h3-8,10,16,20H,2,9H2,1H3. The SMILES string of the molecule is CCNC(Cc1ccc(Cl)cc1F)c1cccc(Br)c1. The van der Waals surface area contributed by atoms with Crippen LogP contribution in [0.15, 0.2) is 46.9 Å². The summed E-state index contributed by atoms with van der Waals surface area (Å²) in [6.07, 6.45) is 0.591. The molecule has 0 amide bonds. The van der Waals surface area contributed by atoms with Crippen molar-refractivity contribution in [3.63, 3.8) is 0 Å². The van der Waals surface area contributed by atoms with Crippen LogP contribution in [0.2, 0.25) is 5.02 Å². The molecule has 0 bridgehead atoms. The first-order valence-electron chi connectivity index (χ1n) is 6.53. The van der Waals surface area contributed by atoms with Gasteiger partial charge in [-0.05, 0) is 48.4 Å². The Kier molecular flexibility index (Phi) is 5.58. The molecule has 2 aromatic carbocycles. The monoisotopic (exact) mass is 355 g/mol. The predicted octanol–water partition coefficient (Wildman–Crippen LogP) is 5.13. The van der Waals surface area contributed by atoms with Crippen molar-refractivity contribution in [3.05, 3.63) is 68.9 Å². The lowest BCUT2D eigenvalue weighted by Crippen LogP contribution is -2.23. The van der Waals surface area contributed by atoms with Gasteiger partial charge < -0.3 is 5.32 Å². The molecule has 0 saturated heterocycles. The molecule has 0 heterocycles. The van der Waals surface area contributed by atoms with Gasteiger partial charge in [-0.15, -0.1) is 0 Å². The first-order valence-corrected chi connectivity index (χ1v) is 7.70. The van der Waals surface area contributed by atoms with Crippen molar-refractivity contribution >= 4 is 27.5 Å². The molecule has 0 saturated carbocycles. The summed E-state index contributed by atoms with van der Waals surface area (Å²) in [5.74, 6) is -0.254. The second-order valence-electron chi connectivity index (χ2n) is 4.61. The summed E-state index contributed by atoms with van der Waals surface area (Å²) in [7, 11) is 0. The Morgan fingerprint density at radius 2 is 2.05 bits per heavy atom. The average Bonchev–Trinajstić information content (AvgIpc) is 2.41. The van der Waals surface area contributed by atoms with Gasteiger partial charge in [0, 0.05) is 15.5 Å². The molecule has 106 valence electrons. The Morgan fingerprint density at radius 3 is 2.70 bits per heavy atom. The molecule has 0 aliphatic carbocycles. The van der Waals surface area contributed by atoms with E-state index < -0.39 is 0 Å². The Morgan fingerprint density at radius 1 is 1.25 bits per heavy atom. The summed E-state index contributed by atoms with van der Waals surface area (Å²) < 4.78 is 14.9. The zero-order chi connectivity index (χ0) is 14.5. The van der Waals surface area contributed by atoms with Gasteiger partial charge in [0.05, 0.1) is 0 Å². The minimum atomic E-state index is -0.254. The first-order chi connectivity index (χ1) is 9.60. The van der Waals surface area contributed by atoms with E-state index in [0.717, 1.165) is 16.6 Å². The normalized spacial score (nSPS) is 12.4. The maximum Gasteiger partial charge on any atom is 0.127 e. The third kappa shape index (κ3) is 4.05. The van der Waals surface area contributed by atoms with Gasteiger partial charge in [0.15, 0.2) is 0 Å². The van der Waals surface area contributed by atoms with Crippen LogP contribution in [-0.4, -0.2) is 6.54 Å². The van der Waals surface area contributed by atoms with Gasteiger partial charge in [0.1, 0.15) is 5.82 Å². The van der Waals surface area contributed by atoms with Gasteiger partial charge in [-0.3, -0.25) is 0 Å². The van der Waals surface area contributed by atoms with Gasteiger partial charge in [-0.1, -0.05) is 52.7 Å². The molecule has 1 unspecified atom stereocenters. The smallest absolute Gasteiger partial charge is 0.127 e. The van der Waals surface area contributed by atoms with E-state index in [2.05, 4.69) is 27.3 Å². The van der Waals surface area contributed by atoms with Gasteiger partial charge in [0.25, 0.3) is 0 Å². The second-order valence-corrected chi connectivity index (χ2v) is 5.96. The minimum Gasteiger partial charge on any atom is -0.310 e. The van der Waals surface area contributed by atoms with Crippen LogP contribution in [0.4, 0.5) is 4.39 Å². The van der Waals surface area contributed by atoms with Gasteiger partial charge >= 0.3 is 0 Å². The molecule has 1 nitrogen and oxygen atoms in total. The number of rotatable bonds is 5. The summed E-state index contributed by atoms with van der Waals surface area (Å²) in [5.41, 5.74) is 1.80. The molecule has 0 fully saturated rings. The molecule has 2 aromatic rings. The molecular formula is C16H16BrClFN. The highest BCUT2D eigenvalue weighted by Gasteiger charge is 2.14. The number of hydrogen-bond donors (Lipinski definition) is 1. The van der Waals surface area contributed by atoms with Crippen molar-refractivity contribution in [2.75, 3.05) is 6.54 Å². The van der Waals surface area contributed by atoms with E-state index in [9.17, 15) is 4.39 Å². The Balaban J connectivity index is 2.25. The highest BCUT2D eigenvalue weighted by atomic mass is 79.9. The van der Waals surface area contributed by atoms with Crippen LogP contribution >= 0.6 is 27.5 Å².